The van der Waals surface area contributed by atoms with Gasteiger partial charge in [0.15, 0.2) is 17.3 Å². The number of hydrogen-bond acceptors (Lipinski definition) is 4. The summed E-state index contributed by atoms with van der Waals surface area (Å²) in [7, 11) is 0. The highest BCUT2D eigenvalue weighted by molar-refractivity contribution is 9.10. The molecule has 0 spiro atoms. The van der Waals surface area contributed by atoms with Gasteiger partial charge in [-0.05, 0) is 42.5 Å². The third-order valence-electron chi connectivity index (χ3n) is 4.40. The predicted molar refractivity (Wildman–Crippen MR) is 114 cm³/mol. The summed E-state index contributed by atoms with van der Waals surface area (Å²) in [6.45, 7) is 0.787. The molecule has 0 saturated carbocycles. The summed E-state index contributed by atoms with van der Waals surface area (Å²) in [5.74, 6) is 0.270. The van der Waals surface area contributed by atoms with Crippen LogP contribution in [0, 0.1) is 0 Å². The van der Waals surface area contributed by atoms with Crippen molar-refractivity contribution < 1.29 is 19.1 Å². The number of fused-ring (bicyclic) bond motifs is 1. The molecule has 29 heavy (non-hydrogen) atoms. The number of anilines is 1. The number of benzene rings is 3. The Hall–Kier alpha value is -2.83. The van der Waals surface area contributed by atoms with E-state index in [2.05, 4.69) is 21.2 Å². The molecule has 0 fully saturated rings. The van der Waals surface area contributed by atoms with Gasteiger partial charge in [-0.1, -0.05) is 39.7 Å². The molecule has 1 heterocycles. The number of halogens is 2. The van der Waals surface area contributed by atoms with Crippen molar-refractivity contribution in [3.8, 4) is 11.5 Å². The van der Waals surface area contributed by atoms with E-state index in [1.807, 2.05) is 0 Å². The number of ketones is 1. The first-order chi connectivity index (χ1) is 14.0. The number of carbonyl (C=O) groups is 2. The summed E-state index contributed by atoms with van der Waals surface area (Å²) in [6.07, 6.45) is 0. The van der Waals surface area contributed by atoms with Crippen LogP contribution < -0.4 is 14.8 Å². The molecule has 0 saturated heterocycles. The number of ether oxygens (including phenoxy) is 2. The van der Waals surface area contributed by atoms with E-state index in [4.69, 9.17) is 21.1 Å². The van der Waals surface area contributed by atoms with Crippen LogP contribution in [0.1, 0.15) is 26.3 Å². The Labute approximate surface area is 180 Å². The number of carbonyl (C=O) groups excluding carboxylic acids is 2. The zero-order chi connectivity index (χ0) is 20.4. The van der Waals surface area contributed by atoms with Gasteiger partial charge in [0.1, 0.15) is 13.2 Å². The maximum Gasteiger partial charge on any atom is 0.257 e. The number of amides is 1. The van der Waals surface area contributed by atoms with Crippen molar-refractivity contribution in [3.63, 3.8) is 0 Å². The molecule has 0 bridgehead atoms. The Kier molecular flexibility index (Phi) is 5.56. The molecule has 146 valence electrons. The summed E-state index contributed by atoms with van der Waals surface area (Å²) in [5, 5.41) is 3.11. The predicted octanol–water partition coefficient (Wildman–Crippen LogP) is 5.36. The Morgan fingerprint density at radius 2 is 1.55 bits per heavy atom. The fraction of sp³-hybridized carbons (Fsp3) is 0.0909. The Bertz CT molecular complexity index is 1100. The molecule has 1 N–H and O–H groups in total. The molecular formula is C22H15BrClNO4. The lowest BCUT2D eigenvalue weighted by Gasteiger charge is -2.21. The van der Waals surface area contributed by atoms with E-state index < -0.39 is 5.91 Å². The van der Waals surface area contributed by atoms with Gasteiger partial charge in [-0.15, -0.1) is 0 Å². The first kappa shape index (κ1) is 19.5. The van der Waals surface area contributed by atoms with Crippen molar-refractivity contribution in [2.45, 2.75) is 0 Å². The molecule has 1 amide bonds. The zero-order valence-electron chi connectivity index (χ0n) is 15.1. The third kappa shape index (κ3) is 4.13. The lowest BCUT2D eigenvalue weighted by atomic mass is 10.0. The largest absolute Gasteiger partial charge is 0.486 e. The molecule has 0 radical (unpaired) electrons. The van der Waals surface area contributed by atoms with Crippen LogP contribution in [0.4, 0.5) is 5.69 Å². The quantitative estimate of drug-likeness (QED) is 0.519. The van der Waals surface area contributed by atoms with Crippen molar-refractivity contribution in [2.24, 2.45) is 0 Å². The molecule has 1 aliphatic rings. The van der Waals surface area contributed by atoms with Crippen LogP contribution >= 0.6 is 27.5 Å². The average Bonchev–Trinajstić information content (AvgIpc) is 2.73. The third-order valence-corrected chi connectivity index (χ3v) is 5.26. The maximum atomic E-state index is 13.2. The van der Waals surface area contributed by atoms with Crippen LogP contribution in [0.5, 0.6) is 11.5 Å². The highest BCUT2D eigenvalue weighted by atomic mass is 79.9. The maximum absolute atomic E-state index is 13.2. The van der Waals surface area contributed by atoms with E-state index in [0.717, 1.165) is 4.47 Å². The molecule has 0 aliphatic carbocycles. The smallest absolute Gasteiger partial charge is 0.257 e. The summed E-state index contributed by atoms with van der Waals surface area (Å²) in [6, 6.07) is 16.9. The molecule has 0 aromatic heterocycles. The Morgan fingerprint density at radius 1 is 0.897 bits per heavy atom. The Balaban J connectivity index is 1.75. The summed E-state index contributed by atoms with van der Waals surface area (Å²) in [5.41, 5.74) is 1.42. The second kappa shape index (κ2) is 8.27. The van der Waals surface area contributed by atoms with Gasteiger partial charge in [0.05, 0.1) is 21.8 Å². The molecule has 4 rings (SSSR count). The minimum absolute atomic E-state index is 0.246. The SMILES string of the molecule is O=C(Nc1cc2c(cc1C(=O)c1ccc(Br)cc1)OCCO2)c1ccccc1Cl. The van der Waals surface area contributed by atoms with Crippen LogP contribution in [0.2, 0.25) is 5.02 Å². The van der Waals surface area contributed by atoms with Crippen molar-refractivity contribution in [1.82, 2.24) is 0 Å². The zero-order valence-corrected chi connectivity index (χ0v) is 17.4. The summed E-state index contributed by atoms with van der Waals surface area (Å²) < 4.78 is 12.1. The van der Waals surface area contributed by atoms with Crippen molar-refractivity contribution >= 4 is 44.9 Å². The van der Waals surface area contributed by atoms with Crippen LogP contribution in [0.25, 0.3) is 0 Å². The van der Waals surface area contributed by atoms with Crippen molar-refractivity contribution in [2.75, 3.05) is 18.5 Å². The van der Waals surface area contributed by atoms with Gasteiger partial charge in [-0.3, -0.25) is 9.59 Å². The summed E-state index contributed by atoms with van der Waals surface area (Å²) in [4.78, 5) is 25.9. The molecule has 0 atom stereocenters. The highest BCUT2D eigenvalue weighted by Gasteiger charge is 2.23. The second-order valence-corrected chi connectivity index (χ2v) is 7.63. The molecule has 0 unspecified atom stereocenters. The van der Waals surface area contributed by atoms with E-state index >= 15 is 0 Å². The lowest BCUT2D eigenvalue weighted by molar-refractivity contribution is 0.102. The molecule has 1 aliphatic heterocycles. The van der Waals surface area contributed by atoms with Crippen LogP contribution in [0.3, 0.4) is 0 Å². The van der Waals surface area contributed by atoms with E-state index in [9.17, 15) is 9.59 Å². The normalized spacial score (nSPS) is 12.3. The molecule has 3 aromatic rings. The lowest BCUT2D eigenvalue weighted by Crippen LogP contribution is -2.19. The molecule has 5 nitrogen and oxygen atoms in total. The Morgan fingerprint density at radius 3 is 2.24 bits per heavy atom. The monoisotopic (exact) mass is 471 g/mol. The number of nitrogens with one attached hydrogen (secondary N) is 1. The van der Waals surface area contributed by atoms with Gasteiger partial charge in [-0.2, -0.15) is 0 Å². The van der Waals surface area contributed by atoms with E-state index in [0.29, 0.717) is 52.1 Å². The minimum Gasteiger partial charge on any atom is -0.486 e. The summed E-state index contributed by atoms with van der Waals surface area (Å²) >= 11 is 9.50. The van der Waals surface area contributed by atoms with Crippen LogP contribution in [-0.2, 0) is 0 Å². The molecule has 3 aromatic carbocycles. The fourth-order valence-electron chi connectivity index (χ4n) is 2.97. The minimum atomic E-state index is -0.419. The first-order valence-corrected chi connectivity index (χ1v) is 10.00. The van der Waals surface area contributed by atoms with Gasteiger partial charge in [0.2, 0.25) is 0 Å². The average molecular weight is 473 g/mol. The van der Waals surface area contributed by atoms with Crippen LogP contribution in [0.15, 0.2) is 65.1 Å². The van der Waals surface area contributed by atoms with Gasteiger partial charge >= 0.3 is 0 Å². The van der Waals surface area contributed by atoms with E-state index in [1.165, 1.54) is 0 Å². The van der Waals surface area contributed by atoms with Gasteiger partial charge in [0, 0.05) is 16.1 Å². The second-order valence-electron chi connectivity index (χ2n) is 6.31. The topological polar surface area (TPSA) is 64.6 Å². The van der Waals surface area contributed by atoms with Crippen molar-refractivity contribution in [1.29, 1.82) is 0 Å². The van der Waals surface area contributed by atoms with Gasteiger partial charge in [-0.25, -0.2) is 0 Å². The number of hydrogen-bond donors (Lipinski definition) is 1. The molecule has 7 heteroatoms. The van der Waals surface area contributed by atoms with Gasteiger partial charge in [0.25, 0.3) is 5.91 Å². The fourth-order valence-corrected chi connectivity index (χ4v) is 3.46. The van der Waals surface area contributed by atoms with E-state index in [-0.39, 0.29) is 5.78 Å². The number of rotatable bonds is 4. The first-order valence-electron chi connectivity index (χ1n) is 8.83. The van der Waals surface area contributed by atoms with Gasteiger partial charge < -0.3 is 14.8 Å². The standard InChI is InChI=1S/C22H15BrClNO4/c23-14-7-5-13(6-8-14)21(26)16-11-19-20(29-10-9-28-19)12-18(16)25-22(27)15-3-1-2-4-17(15)24/h1-8,11-12H,9-10H2,(H,25,27). The van der Waals surface area contributed by atoms with E-state index in [1.54, 1.807) is 60.7 Å². The van der Waals surface area contributed by atoms with Crippen molar-refractivity contribution in [3.05, 3.63) is 86.8 Å². The molecular weight excluding hydrogens is 458 g/mol. The highest BCUT2D eigenvalue weighted by Crippen LogP contribution is 2.37. The van der Waals surface area contributed by atoms with Crippen LogP contribution in [-0.4, -0.2) is 24.9 Å².